The van der Waals surface area contributed by atoms with Crippen LogP contribution in [0.1, 0.15) is 26.6 Å². The Kier molecular flexibility index (Phi) is 4.34. The Morgan fingerprint density at radius 1 is 1.40 bits per heavy atom. The molecule has 84 valence electrons. The Morgan fingerprint density at radius 2 is 2.13 bits per heavy atom. The highest BCUT2D eigenvalue weighted by atomic mass is 16.5. The molecule has 0 radical (unpaired) electrons. The van der Waals surface area contributed by atoms with Crippen LogP contribution in [0.25, 0.3) is 0 Å². The van der Waals surface area contributed by atoms with Crippen LogP contribution in [0.15, 0.2) is 6.07 Å². The minimum Gasteiger partial charge on any atom is -0.477 e. The van der Waals surface area contributed by atoms with Crippen LogP contribution < -0.4 is 10.1 Å². The summed E-state index contributed by atoms with van der Waals surface area (Å²) < 4.78 is 5.54. The fraction of sp³-hybridized carbons (Fsp3) is 0.636. The molecule has 0 bridgehead atoms. The van der Waals surface area contributed by atoms with Crippen LogP contribution in [-0.4, -0.2) is 23.1 Å². The van der Waals surface area contributed by atoms with Crippen molar-refractivity contribution in [2.24, 2.45) is 5.92 Å². The Morgan fingerprint density at radius 3 is 2.73 bits per heavy atom. The summed E-state index contributed by atoms with van der Waals surface area (Å²) in [4.78, 5) is 8.46. The summed E-state index contributed by atoms with van der Waals surface area (Å²) in [7, 11) is 0. The second-order valence-electron chi connectivity index (χ2n) is 3.87. The van der Waals surface area contributed by atoms with Crippen molar-refractivity contribution in [1.82, 2.24) is 9.97 Å². The van der Waals surface area contributed by atoms with Crippen molar-refractivity contribution in [2.45, 2.75) is 27.7 Å². The Bertz CT molecular complexity index is 313. The quantitative estimate of drug-likeness (QED) is 0.808. The van der Waals surface area contributed by atoms with Gasteiger partial charge in [-0.2, -0.15) is 4.98 Å². The Hall–Kier alpha value is -1.32. The number of aromatic nitrogens is 2. The minimum atomic E-state index is 0.503. The van der Waals surface area contributed by atoms with Gasteiger partial charge in [0, 0.05) is 12.6 Å². The lowest BCUT2D eigenvalue weighted by molar-refractivity contribution is 0.260. The van der Waals surface area contributed by atoms with E-state index in [0.29, 0.717) is 18.4 Å². The highest BCUT2D eigenvalue weighted by molar-refractivity contribution is 5.38. The summed E-state index contributed by atoms with van der Waals surface area (Å²) in [6.45, 7) is 9.65. The lowest BCUT2D eigenvalue weighted by atomic mass is 10.2. The summed E-state index contributed by atoms with van der Waals surface area (Å²) in [5, 5.41) is 3.15. The van der Waals surface area contributed by atoms with Crippen molar-refractivity contribution in [3.05, 3.63) is 11.9 Å². The third-order valence-electron chi connectivity index (χ3n) is 1.74. The zero-order valence-electron chi connectivity index (χ0n) is 9.87. The lowest BCUT2D eigenvalue weighted by Gasteiger charge is -2.10. The second kappa shape index (κ2) is 5.53. The van der Waals surface area contributed by atoms with Gasteiger partial charge in [-0.25, -0.2) is 4.98 Å². The van der Waals surface area contributed by atoms with E-state index in [2.05, 4.69) is 29.1 Å². The van der Waals surface area contributed by atoms with Crippen molar-refractivity contribution < 1.29 is 4.74 Å². The summed E-state index contributed by atoms with van der Waals surface area (Å²) >= 11 is 0. The number of hydrogen-bond donors (Lipinski definition) is 1. The zero-order chi connectivity index (χ0) is 11.3. The van der Waals surface area contributed by atoms with Gasteiger partial charge in [0.05, 0.1) is 6.61 Å². The SMILES string of the molecule is CCNc1cc(OCC(C)C)nc(C)n1. The lowest BCUT2D eigenvalue weighted by Crippen LogP contribution is -2.08. The zero-order valence-corrected chi connectivity index (χ0v) is 9.87. The van der Waals surface area contributed by atoms with E-state index in [9.17, 15) is 0 Å². The molecule has 0 aliphatic rings. The summed E-state index contributed by atoms with van der Waals surface area (Å²) in [5.74, 6) is 2.70. The van der Waals surface area contributed by atoms with Crippen LogP contribution in [-0.2, 0) is 0 Å². The largest absolute Gasteiger partial charge is 0.477 e. The van der Waals surface area contributed by atoms with Crippen molar-refractivity contribution >= 4 is 5.82 Å². The second-order valence-corrected chi connectivity index (χ2v) is 3.87. The van der Waals surface area contributed by atoms with E-state index in [4.69, 9.17) is 4.74 Å². The van der Waals surface area contributed by atoms with Crippen LogP contribution in [0.2, 0.25) is 0 Å². The van der Waals surface area contributed by atoms with Gasteiger partial charge in [-0.3, -0.25) is 0 Å². The normalized spacial score (nSPS) is 10.5. The molecule has 0 fully saturated rings. The molecule has 0 aliphatic carbocycles. The first-order valence-corrected chi connectivity index (χ1v) is 5.34. The van der Waals surface area contributed by atoms with Gasteiger partial charge in [0.1, 0.15) is 11.6 Å². The molecule has 0 unspecified atom stereocenters. The van der Waals surface area contributed by atoms with Crippen molar-refractivity contribution in [3.8, 4) is 5.88 Å². The molecule has 1 aromatic rings. The number of nitrogens with zero attached hydrogens (tertiary/aromatic N) is 2. The first kappa shape index (κ1) is 11.8. The number of ether oxygens (including phenoxy) is 1. The maximum Gasteiger partial charge on any atom is 0.218 e. The van der Waals surface area contributed by atoms with E-state index >= 15 is 0 Å². The molecule has 0 amide bonds. The molecule has 0 saturated carbocycles. The third-order valence-corrected chi connectivity index (χ3v) is 1.74. The third kappa shape index (κ3) is 4.14. The molecule has 0 saturated heterocycles. The van der Waals surface area contributed by atoms with Crippen LogP contribution in [0, 0.1) is 12.8 Å². The number of hydrogen-bond acceptors (Lipinski definition) is 4. The van der Waals surface area contributed by atoms with Gasteiger partial charge in [0.25, 0.3) is 0 Å². The molecule has 4 nitrogen and oxygen atoms in total. The molecular weight excluding hydrogens is 190 g/mol. The van der Waals surface area contributed by atoms with Crippen molar-refractivity contribution in [2.75, 3.05) is 18.5 Å². The predicted molar refractivity (Wildman–Crippen MR) is 61.3 cm³/mol. The smallest absolute Gasteiger partial charge is 0.218 e. The van der Waals surface area contributed by atoms with Gasteiger partial charge in [-0.1, -0.05) is 13.8 Å². The van der Waals surface area contributed by atoms with Gasteiger partial charge in [0.15, 0.2) is 0 Å². The van der Waals surface area contributed by atoms with Crippen molar-refractivity contribution in [3.63, 3.8) is 0 Å². The van der Waals surface area contributed by atoms with E-state index in [1.807, 2.05) is 19.9 Å². The molecule has 1 N–H and O–H groups in total. The van der Waals surface area contributed by atoms with Crippen molar-refractivity contribution in [1.29, 1.82) is 0 Å². The summed E-state index contributed by atoms with van der Waals surface area (Å²) in [6, 6.07) is 1.83. The maximum absolute atomic E-state index is 5.54. The predicted octanol–water partition coefficient (Wildman–Crippen LogP) is 2.25. The monoisotopic (exact) mass is 209 g/mol. The molecule has 0 aromatic carbocycles. The van der Waals surface area contributed by atoms with Crippen LogP contribution in [0.5, 0.6) is 5.88 Å². The molecule has 15 heavy (non-hydrogen) atoms. The average molecular weight is 209 g/mol. The number of nitrogens with one attached hydrogen (secondary N) is 1. The van der Waals surface area contributed by atoms with Crippen LogP contribution in [0.3, 0.4) is 0 Å². The standard InChI is InChI=1S/C11H19N3O/c1-5-12-10-6-11(14-9(4)13-10)15-7-8(2)3/h6,8H,5,7H2,1-4H3,(H,12,13,14). The molecular formula is C11H19N3O. The van der Waals surface area contributed by atoms with Crippen LogP contribution in [0.4, 0.5) is 5.82 Å². The number of rotatable bonds is 5. The summed E-state index contributed by atoms with van der Waals surface area (Å²) in [5.41, 5.74) is 0. The van der Waals surface area contributed by atoms with Gasteiger partial charge in [0.2, 0.25) is 5.88 Å². The summed E-state index contributed by atoms with van der Waals surface area (Å²) in [6.07, 6.45) is 0. The topological polar surface area (TPSA) is 47.0 Å². The number of anilines is 1. The molecule has 0 aliphatic heterocycles. The molecule has 4 heteroatoms. The highest BCUT2D eigenvalue weighted by Crippen LogP contribution is 2.13. The Balaban J connectivity index is 2.70. The Labute approximate surface area is 91.1 Å². The first-order chi connectivity index (χ1) is 7.11. The minimum absolute atomic E-state index is 0.503. The number of aryl methyl sites for hydroxylation is 1. The van der Waals surface area contributed by atoms with Gasteiger partial charge in [-0.05, 0) is 19.8 Å². The maximum atomic E-state index is 5.54. The van der Waals surface area contributed by atoms with E-state index < -0.39 is 0 Å². The van der Waals surface area contributed by atoms with Gasteiger partial charge < -0.3 is 10.1 Å². The van der Waals surface area contributed by atoms with E-state index in [-0.39, 0.29) is 0 Å². The van der Waals surface area contributed by atoms with Gasteiger partial charge >= 0.3 is 0 Å². The molecule has 1 rings (SSSR count). The van der Waals surface area contributed by atoms with E-state index in [1.54, 1.807) is 0 Å². The molecule has 0 spiro atoms. The fourth-order valence-electron chi connectivity index (χ4n) is 1.14. The molecule has 1 heterocycles. The molecule has 1 aromatic heterocycles. The van der Waals surface area contributed by atoms with E-state index in [1.165, 1.54) is 0 Å². The fourth-order valence-corrected chi connectivity index (χ4v) is 1.14. The van der Waals surface area contributed by atoms with E-state index in [0.717, 1.165) is 18.2 Å². The highest BCUT2D eigenvalue weighted by Gasteiger charge is 2.03. The van der Waals surface area contributed by atoms with Gasteiger partial charge in [-0.15, -0.1) is 0 Å². The van der Waals surface area contributed by atoms with Crippen LogP contribution >= 0.6 is 0 Å². The molecule has 0 atom stereocenters. The average Bonchev–Trinajstić information content (AvgIpc) is 2.14. The first-order valence-electron chi connectivity index (χ1n) is 5.34.